The number of amides is 2. The highest BCUT2D eigenvalue weighted by atomic mass is 16.6. The number of carbonyl (C=O) groups excluding carboxylic acids is 2. The highest BCUT2D eigenvalue weighted by molar-refractivity contribution is 5.95. The van der Waals surface area contributed by atoms with E-state index < -0.39 is 5.60 Å². The van der Waals surface area contributed by atoms with Crippen molar-refractivity contribution in [2.75, 3.05) is 31.6 Å². The first-order valence-corrected chi connectivity index (χ1v) is 13.1. The number of likely N-dealkylation sites (tertiary alicyclic amines) is 1. The van der Waals surface area contributed by atoms with E-state index >= 15 is 0 Å². The van der Waals surface area contributed by atoms with Gasteiger partial charge in [-0.15, -0.1) is 0 Å². The highest BCUT2D eigenvalue weighted by Crippen LogP contribution is 2.51. The van der Waals surface area contributed by atoms with E-state index in [1.807, 2.05) is 81.7 Å². The van der Waals surface area contributed by atoms with Crippen molar-refractivity contribution < 1.29 is 19.1 Å². The fourth-order valence-corrected chi connectivity index (χ4v) is 5.40. The van der Waals surface area contributed by atoms with Gasteiger partial charge >= 0.3 is 6.09 Å². The Morgan fingerprint density at radius 2 is 1.75 bits per heavy atom. The van der Waals surface area contributed by atoms with Crippen LogP contribution in [0.4, 0.5) is 10.5 Å². The van der Waals surface area contributed by atoms with E-state index in [0.29, 0.717) is 31.8 Å². The minimum atomic E-state index is -0.583. The maximum atomic E-state index is 13.3. The number of nitrogens with zero attached hydrogens (tertiary/aromatic N) is 2. The van der Waals surface area contributed by atoms with Crippen molar-refractivity contribution in [2.45, 2.75) is 65.6 Å². The Balaban J connectivity index is 1.74. The second kappa shape index (κ2) is 10.4. The number of nitrogens with one attached hydrogen (secondary N) is 1. The normalized spacial score (nSPS) is 20.7. The Kier molecular flexibility index (Phi) is 7.48. The second-order valence-electron chi connectivity index (χ2n) is 10.5. The van der Waals surface area contributed by atoms with E-state index in [9.17, 15) is 9.59 Å². The summed E-state index contributed by atoms with van der Waals surface area (Å²) in [6.45, 7) is 14.1. The van der Waals surface area contributed by atoms with Crippen LogP contribution in [0.1, 0.15) is 81.5 Å². The standard InChI is InChI=1S/C29H39N3O4/c1-7-31(8-2)27(33)20-12-15-24-23(18-20)26-22(16-17-32(26)28(34)36-29(4,5)6)25(30-24)19-10-13-21(14-11-19)35-9-3/h10-15,18,22,25-26,30H,7-9,16-17H2,1-6H3/t22-,25?,26?/m0/s1. The average Bonchev–Trinajstić information content (AvgIpc) is 3.29. The van der Waals surface area contributed by atoms with Crippen LogP contribution < -0.4 is 10.1 Å². The molecular formula is C29H39N3O4. The van der Waals surface area contributed by atoms with Crippen LogP contribution in [0, 0.1) is 5.92 Å². The summed E-state index contributed by atoms with van der Waals surface area (Å²) in [6, 6.07) is 13.9. The summed E-state index contributed by atoms with van der Waals surface area (Å²) >= 11 is 0. The molecule has 1 N–H and O–H groups in total. The van der Waals surface area contributed by atoms with E-state index in [2.05, 4.69) is 17.4 Å². The van der Waals surface area contributed by atoms with Crippen molar-refractivity contribution in [2.24, 2.45) is 5.92 Å². The van der Waals surface area contributed by atoms with Crippen LogP contribution in [0.15, 0.2) is 42.5 Å². The number of anilines is 1. The molecule has 194 valence electrons. The SMILES string of the molecule is CCOc1ccc(C2Nc3ccc(C(=O)N(CC)CC)cc3C3[C@H]2CCN3C(=O)OC(C)(C)C)cc1. The predicted octanol–water partition coefficient (Wildman–Crippen LogP) is 6.03. The quantitative estimate of drug-likeness (QED) is 0.532. The lowest BCUT2D eigenvalue weighted by molar-refractivity contribution is 0.0198. The van der Waals surface area contributed by atoms with Gasteiger partial charge in [-0.3, -0.25) is 4.79 Å². The van der Waals surface area contributed by atoms with Crippen LogP contribution in [-0.4, -0.2) is 53.6 Å². The second-order valence-corrected chi connectivity index (χ2v) is 10.5. The summed E-state index contributed by atoms with van der Waals surface area (Å²) in [5, 5.41) is 3.72. The molecule has 2 heterocycles. The van der Waals surface area contributed by atoms with Crippen LogP contribution in [0.2, 0.25) is 0 Å². The largest absolute Gasteiger partial charge is 0.494 e. The topological polar surface area (TPSA) is 71.1 Å². The summed E-state index contributed by atoms with van der Waals surface area (Å²) in [4.78, 5) is 30.1. The summed E-state index contributed by atoms with van der Waals surface area (Å²) < 4.78 is 11.4. The van der Waals surface area contributed by atoms with Gasteiger partial charge in [0, 0.05) is 36.8 Å². The molecule has 2 unspecified atom stereocenters. The van der Waals surface area contributed by atoms with Crippen molar-refractivity contribution in [1.82, 2.24) is 9.80 Å². The zero-order valence-electron chi connectivity index (χ0n) is 22.3. The molecule has 1 fully saturated rings. The minimum absolute atomic E-state index is 0.00908. The molecule has 2 aromatic carbocycles. The number of hydrogen-bond donors (Lipinski definition) is 1. The van der Waals surface area contributed by atoms with Gasteiger partial charge in [0.2, 0.25) is 0 Å². The maximum absolute atomic E-state index is 13.3. The van der Waals surface area contributed by atoms with Gasteiger partial charge in [-0.1, -0.05) is 12.1 Å². The van der Waals surface area contributed by atoms with Crippen molar-refractivity contribution >= 4 is 17.7 Å². The molecule has 0 aliphatic carbocycles. The van der Waals surface area contributed by atoms with Gasteiger partial charge in [0.1, 0.15) is 11.4 Å². The first kappa shape index (κ1) is 25.9. The number of ether oxygens (including phenoxy) is 2. The van der Waals surface area contributed by atoms with Gasteiger partial charge in [-0.25, -0.2) is 4.79 Å². The van der Waals surface area contributed by atoms with Crippen molar-refractivity contribution in [3.63, 3.8) is 0 Å². The molecule has 0 spiro atoms. The molecule has 3 atom stereocenters. The highest BCUT2D eigenvalue weighted by Gasteiger charge is 2.47. The molecule has 2 aliphatic heterocycles. The lowest BCUT2D eigenvalue weighted by Crippen LogP contribution is -2.40. The first-order chi connectivity index (χ1) is 17.2. The Morgan fingerprint density at radius 1 is 1.06 bits per heavy atom. The van der Waals surface area contributed by atoms with Crippen LogP contribution >= 0.6 is 0 Å². The molecule has 2 aromatic rings. The third kappa shape index (κ3) is 5.15. The van der Waals surface area contributed by atoms with Crippen LogP contribution in [0.25, 0.3) is 0 Å². The Hall–Kier alpha value is -3.22. The number of rotatable bonds is 6. The third-order valence-corrected chi connectivity index (χ3v) is 7.03. The van der Waals surface area contributed by atoms with E-state index in [1.54, 1.807) is 0 Å². The average molecular weight is 494 g/mol. The molecule has 4 rings (SSSR count). The van der Waals surface area contributed by atoms with E-state index in [0.717, 1.165) is 29.0 Å². The number of carbonyl (C=O) groups is 2. The smallest absolute Gasteiger partial charge is 0.410 e. The van der Waals surface area contributed by atoms with Crippen molar-refractivity contribution in [1.29, 1.82) is 0 Å². The maximum Gasteiger partial charge on any atom is 0.410 e. The number of hydrogen-bond acceptors (Lipinski definition) is 5. The van der Waals surface area contributed by atoms with E-state index in [-0.39, 0.29) is 30.0 Å². The fraction of sp³-hybridized carbons (Fsp3) is 0.517. The van der Waals surface area contributed by atoms with Crippen LogP contribution in [0.3, 0.4) is 0 Å². The molecule has 2 aliphatic rings. The van der Waals surface area contributed by atoms with Gasteiger partial charge in [0.15, 0.2) is 0 Å². The zero-order chi connectivity index (χ0) is 26.0. The molecule has 1 saturated heterocycles. The van der Waals surface area contributed by atoms with Gasteiger partial charge in [0.25, 0.3) is 5.91 Å². The lowest BCUT2D eigenvalue weighted by atomic mass is 9.79. The van der Waals surface area contributed by atoms with Crippen LogP contribution in [-0.2, 0) is 4.74 Å². The molecule has 2 amide bonds. The molecule has 0 bridgehead atoms. The monoisotopic (exact) mass is 493 g/mol. The minimum Gasteiger partial charge on any atom is -0.494 e. The molecule has 0 saturated carbocycles. The summed E-state index contributed by atoms with van der Waals surface area (Å²) in [5.41, 5.74) is 3.13. The van der Waals surface area contributed by atoms with Gasteiger partial charge in [0.05, 0.1) is 18.7 Å². The molecule has 7 heteroatoms. The van der Waals surface area contributed by atoms with Gasteiger partial charge < -0.3 is 24.6 Å². The molecule has 36 heavy (non-hydrogen) atoms. The van der Waals surface area contributed by atoms with Gasteiger partial charge in [-0.05, 0) is 89.4 Å². The van der Waals surface area contributed by atoms with Crippen LogP contribution in [0.5, 0.6) is 5.75 Å². The van der Waals surface area contributed by atoms with Crippen molar-refractivity contribution in [3.8, 4) is 5.75 Å². The number of benzene rings is 2. The molecule has 0 aromatic heterocycles. The summed E-state index contributed by atoms with van der Waals surface area (Å²) in [7, 11) is 0. The zero-order valence-corrected chi connectivity index (χ0v) is 22.3. The Bertz CT molecular complexity index is 1090. The van der Waals surface area contributed by atoms with Gasteiger partial charge in [-0.2, -0.15) is 0 Å². The van der Waals surface area contributed by atoms with Crippen molar-refractivity contribution in [3.05, 3.63) is 59.2 Å². The molecular weight excluding hydrogens is 454 g/mol. The van der Waals surface area contributed by atoms with E-state index in [4.69, 9.17) is 9.47 Å². The Labute approximate surface area is 214 Å². The molecule has 7 nitrogen and oxygen atoms in total. The molecule has 0 radical (unpaired) electrons. The number of fused-ring (bicyclic) bond motifs is 3. The third-order valence-electron chi connectivity index (χ3n) is 7.03. The lowest BCUT2D eigenvalue weighted by Gasteiger charge is -2.40. The summed E-state index contributed by atoms with van der Waals surface area (Å²) in [5.74, 6) is 0.993. The fourth-order valence-electron chi connectivity index (χ4n) is 5.40. The Morgan fingerprint density at radius 3 is 2.36 bits per heavy atom. The first-order valence-electron chi connectivity index (χ1n) is 13.1. The predicted molar refractivity (Wildman–Crippen MR) is 141 cm³/mol. The van der Waals surface area contributed by atoms with E-state index in [1.165, 1.54) is 0 Å². The summed E-state index contributed by atoms with van der Waals surface area (Å²) in [6.07, 6.45) is 0.524.